The Morgan fingerprint density at radius 1 is 1.14 bits per heavy atom. The summed E-state index contributed by atoms with van der Waals surface area (Å²) in [5.74, 6) is 0.795. The number of hydrogen-bond acceptors (Lipinski definition) is 3. The second-order valence-corrected chi connectivity index (χ2v) is 7.20. The van der Waals surface area contributed by atoms with Gasteiger partial charge < -0.3 is 15.4 Å². The lowest BCUT2D eigenvalue weighted by Crippen LogP contribution is -2.48. The summed E-state index contributed by atoms with van der Waals surface area (Å²) < 4.78 is 5.61. The minimum absolute atomic E-state index is 0. The van der Waals surface area contributed by atoms with Crippen LogP contribution in [-0.2, 0) is 16.6 Å². The summed E-state index contributed by atoms with van der Waals surface area (Å²) in [7, 11) is 1.79. The number of nitrogens with one attached hydrogen (secondary N) is 2. The third-order valence-electron chi connectivity index (χ3n) is 5.11. The molecule has 1 fully saturated rings. The number of guanidine groups is 1. The van der Waals surface area contributed by atoms with Gasteiger partial charge in [0, 0.05) is 62.1 Å². The van der Waals surface area contributed by atoms with Crippen LogP contribution in [0.5, 0.6) is 0 Å². The van der Waals surface area contributed by atoms with Crippen molar-refractivity contribution >= 4 is 41.5 Å². The summed E-state index contributed by atoms with van der Waals surface area (Å²) in [6, 6.07) is 14.1. The highest BCUT2D eigenvalue weighted by atomic mass is 127. The minimum atomic E-state index is -0.0464. The molecule has 1 aromatic heterocycles. The molecular formula is C21H28ClIN4O. The number of hydrogen-bond donors (Lipinski definition) is 2. The van der Waals surface area contributed by atoms with Crippen LogP contribution in [-0.4, -0.2) is 44.3 Å². The van der Waals surface area contributed by atoms with Gasteiger partial charge in [0.05, 0.1) is 0 Å². The van der Waals surface area contributed by atoms with Crippen LogP contribution >= 0.6 is 35.6 Å². The quantitative estimate of drug-likeness (QED) is 0.350. The number of ether oxygens (including phenoxy) is 1. The van der Waals surface area contributed by atoms with Gasteiger partial charge in [0.2, 0.25) is 0 Å². The molecule has 0 aliphatic carbocycles. The van der Waals surface area contributed by atoms with E-state index in [0.717, 1.165) is 62.2 Å². The summed E-state index contributed by atoms with van der Waals surface area (Å²) in [4.78, 5) is 8.71. The Labute approximate surface area is 189 Å². The molecule has 7 heteroatoms. The maximum Gasteiger partial charge on any atom is 0.191 e. The lowest BCUT2D eigenvalue weighted by Gasteiger charge is -2.38. The third-order valence-corrected chi connectivity index (χ3v) is 5.44. The van der Waals surface area contributed by atoms with Crippen molar-refractivity contribution in [3.05, 3.63) is 64.9 Å². The van der Waals surface area contributed by atoms with Crippen molar-refractivity contribution in [3.63, 3.8) is 0 Å². The molecule has 0 atom stereocenters. The Balaban J connectivity index is 0.00000280. The van der Waals surface area contributed by atoms with E-state index in [1.165, 1.54) is 5.56 Å². The summed E-state index contributed by atoms with van der Waals surface area (Å²) in [5, 5.41) is 7.69. The van der Waals surface area contributed by atoms with Gasteiger partial charge in [-0.2, -0.15) is 0 Å². The fourth-order valence-corrected chi connectivity index (χ4v) is 3.86. The van der Waals surface area contributed by atoms with Gasteiger partial charge in [-0.25, -0.2) is 0 Å². The SMILES string of the molecule is CN=C(NCCc1ccccn1)NCC1(c2ccccc2Cl)CCOCC1.I. The van der Waals surface area contributed by atoms with Crippen molar-refractivity contribution in [2.75, 3.05) is 33.4 Å². The Morgan fingerprint density at radius 3 is 2.57 bits per heavy atom. The Morgan fingerprint density at radius 2 is 1.89 bits per heavy atom. The molecule has 0 bridgehead atoms. The second kappa shape index (κ2) is 11.6. The highest BCUT2D eigenvalue weighted by Crippen LogP contribution is 2.38. The molecule has 1 aromatic carbocycles. The molecule has 152 valence electrons. The van der Waals surface area contributed by atoms with Crippen molar-refractivity contribution in [2.45, 2.75) is 24.7 Å². The second-order valence-electron chi connectivity index (χ2n) is 6.80. The monoisotopic (exact) mass is 514 g/mol. The molecule has 5 nitrogen and oxygen atoms in total. The van der Waals surface area contributed by atoms with Crippen LogP contribution in [0.1, 0.15) is 24.1 Å². The predicted octanol–water partition coefficient (Wildman–Crippen LogP) is 3.81. The zero-order valence-corrected chi connectivity index (χ0v) is 19.2. The molecule has 1 aliphatic rings. The number of nitrogens with zero attached hydrogens (tertiary/aromatic N) is 2. The van der Waals surface area contributed by atoms with Gasteiger partial charge in [0.25, 0.3) is 0 Å². The highest BCUT2D eigenvalue weighted by molar-refractivity contribution is 14.0. The average molecular weight is 515 g/mol. The molecular weight excluding hydrogens is 487 g/mol. The molecule has 3 rings (SSSR count). The molecule has 1 saturated heterocycles. The lowest BCUT2D eigenvalue weighted by atomic mass is 9.74. The number of rotatable bonds is 6. The van der Waals surface area contributed by atoms with Gasteiger partial charge in [-0.05, 0) is 36.6 Å². The van der Waals surface area contributed by atoms with E-state index in [4.69, 9.17) is 16.3 Å². The van der Waals surface area contributed by atoms with Crippen LogP contribution in [0.15, 0.2) is 53.7 Å². The van der Waals surface area contributed by atoms with E-state index >= 15 is 0 Å². The van der Waals surface area contributed by atoms with E-state index in [9.17, 15) is 0 Å². The summed E-state index contributed by atoms with van der Waals surface area (Å²) in [6.07, 6.45) is 4.55. The Hall–Kier alpha value is -1.38. The normalized spacial score (nSPS) is 16.1. The molecule has 28 heavy (non-hydrogen) atoms. The molecule has 0 spiro atoms. The van der Waals surface area contributed by atoms with Gasteiger partial charge in [-0.15, -0.1) is 24.0 Å². The molecule has 2 N–H and O–H groups in total. The number of aromatic nitrogens is 1. The van der Waals surface area contributed by atoms with E-state index in [1.54, 1.807) is 7.05 Å². The van der Waals surface area contributed by atoms with Gasteiger partial charge in [0.1, 0.15) is 0 Å². The van der Waals surface area contributed by atoms with E-state index < -0.39 is 0 Å². The Bertz CT molecular complexity index is 751. The fourth-order valence-electron chi connectivity index (χ4n) is 3.52. The van der Waals surface area contributed by atoms with Crippen LogP contribution in [0.3, 0.4) is 0 Å². The number of halogens is 2. The third kappa shape index (κ3) is 6.06. The van der Waals surface area contributed by atoms with E-state index in [1.807, 2.05) is 36.5 Å². The Kier molecular flexibility index (Phi) is 9.47. The highest BCUT2D eigenvalue weighted by Gasteiger charge is 2.36. The zero-order chi connectivity index (χ0) is 19.0. The van der Waals surface area contributed by atoms with Crippen molar-refractivity contribution in [1.29, 1.82) is 0 Å². The van der Waals surface area contributed by atoms with Crippen molar-refractivity contribution in [2.24, 2.45) is 4.99 Å². The molecule has 0 unspecified atom stereocenters. The van der Waals surface area contributed by atoms with E-state index in [2.05, 4.69) is 32.7 Å². The number of benzene rings is 1. The molecule has 2 aromatic rings. The smallest absolute Gasteiger partial charge is 0.191 e. The molecule has 2 heterocycles. The number of aliphatic imine (C=N–C) groups is 1. The molecule has 0 amide bonds. The lowest BCUT2D eigenvalue weighted by molar-refractivity contribution is 0.0514. The largest absolute Gasteiger partial charge is 0.381 e. The summed E-state index contributed by atoms with van der Waals surface area (Å²) in [6.45, 7) is 3.04. The van der Waals surface area contributed by atoms with Crippen molar-refractivity contribution in [1.82, 2.24) is 15.6 Å². The van der Waals surface area contributed by atoms with Crippen molar-refractivity contribution < 1.29 is 4.74 Å². The zero-order valence-electron chi connectivity index (χ0n) is 16.2. The maximum atomic E-state index is 6.53. The fraction of sp³-hybridized carbons (Fsp3) is 0.429. The number of pyridine rings is 1. The topological polar surface area (TPSA) is 58.5 Å². The first kappa shape index (κ1) is 22.9. The minimum Gasteiger partial charge on any atom is -0.381 e. The van der Waals surface area contributed by atoms with E-state index in [0.29, 0.717) is 0 Å². The molecule has 0 radical (unpaired) electrons. The predicted molar refractivity (Wildman–Crippen MR) is 126 cm³/mol. The van der Waals surface area contributed by atoms with Gasteiger partial charge in [0.15, 0.2) is 5.96 Å². The van der Waals surface area contributed by atoms with Crippen LogP contribution < -0.4 is 10.6 Å². The van der Waals surface area contributed by atoms with E-state index in [-0.39, 0.29) is 29.4 Å². The summed E-state index contributed by atoms with van der Waals surface area (Å²) in [5.41, 5.74) is 2.21. The van der Waals surface area contributed by atoms with Crippen LogP contribution in [0.25, 0.3) is 0 Å². The maximum absolute atomic E-state index is 6.53. The van der Waals surface area contributed by atoms with Gasteiger partial charge >= 0.3 is 0 Å². The molecule has 0 saturated carbocycles. The van der Waals surface area contributed by atoms with Crippen LogP contribution in [0, 0.1) is 0 Å². The standard InChI is InChI=1S/C21H27ClN4O.HI/c1-23-20(25-13-9-17-6-4-5-12-24-17)26-16-21(10-14-27-15-11-21)18-7-2-3-8-19(18)22;/h2-8,12H,9-11,13-16H2,1H3,(H2,23,25,26);1H. The summed E-state index contributed by atoms with van der Waals surface area (Å²) >= 11 is 6.53. The van der Waals surface area contributed by atoms with Gasteiger partial charge in [-0.3, -0.25) is 9.98 Å². The first-order valence-corrected chi connectivity index (χ1v) is 9.78. The van der Waals surface area contributed by atoms with Crippen LogP contribution in [0.2, 0.25) is 5.02 Å². The average Bonchev–Trinajstić information content (AvgIpc) is 2.72. The van der Waals surface area contributed by atoms with Crippen molar-refractivity contribution in [3.8, 4) is 0 Å². The first-order valence-electron chi connectivity index (χ1n) is 9.41. The van der Waals surface area contributed by atoms with Crippen LogP contribution in [0.4, 0.5) is 0 Å². The first-order chi connectivity index (χ1) is 13.2. The molecule has 1 aliphatic heterocycles. The van der Waals surface area contributed by atoms with Gasteiger partial charge in [-0.1, -0.05) is 35.9 Å².